The molecule has 1 aromatic rings. The fraction of sp³-hybridized carbons (Fsp3) is 0.250. The number of benzene rings is 1. The zero-order valence-electron chi connectivity index (χ0n) is 9.66. The number of rotatable bonds is 3. The number of carboxylic acids is 1. The Balaban J connectivity index is 3.38. The molecular formula is C12H8F6O2. The topological polar surface area (TPSA) is 37.3 Å². The predicted molar refractivity (Wildman–Crippen MR) is 57.7 cm³/mol. The fourth-order valence-corrected chi connectivity index (χ4v) is 1.54. The molecule has 1 N–H and O–H groups in total. The van der Waals surface area contributed by atoms with Crippen LogP contribution in [0.2, 0.25) is 0 Å². The Bertz CT molecular complexity index is 487. The highest BCUT2D eigenvalue weighted by Gasteiger charge is 2.59. The van der Waals surface area contributed by atoms with Crippen LogP contribution < -0.4 is 0 Å². The molecule has 110 valence electrons. The molecule has 0 radical (unpaired) electrons. The second-order valence-corrected chi connectivity index (χ2v) is 3.83. The van der Waals surface area contributed by atoms with E-state index in [-0.39, 0.29) is 5.56 Å². The Morgan fingerprint density at radius 3 is 1.80 bits per heavy atom. The van der Waals surface area contributed by atoms with E-state index in [9.17, 15) is 31.1 Å². The Morgan fingerprint density at radius 2 is 1.45 bits per heavy atom. The lowest BCUT2D eigenvalue weighted by molar-refractivity contribution is -0.271. The number of carbonyl (C=O) groups is 1. The van der Waals surface area contributed by atoms with Gasteiger partial charge in [0.05, 0.1) is 5.57 Å². The van der Waals surface area contributed by atoms with Crippen molar-refractivity contribution in [2.45, 2.75) is 12.4 Å². The van der Waals surface area contributed by atoms with E-state index in [1.54, 1.807) is 0 Å². The maximum Gasteiger partial charge on any atom is 0.404 e. The maximum atomic E-state index is 12.5. The number of carboxylic acid groups (broad SMARTS) is 1. The molecule has 1 aromatic carbocycles. The van der Waals surface area contributed by atoms with E-state index < -0.39 is 29.8 Å². The summed E-state index contributed by atoms with van der Waals surface area (Å²) in [5, 5.41) is 8.66. The molecule has 8 heteroatoms. The van der Waals surface area contributed by atoms with E-state index in [0.29, 0.717) is 6.08 Å². The zero-order chi connectivity index (χ0) is 15.6. The molecule has 0 aliphatic carbocycles. The Labute approximate surface area is 109 Å². The van der Waals surface area contributed by atoms with Crippen molar-refractivity contribution in [3.8, 4) is 0 Å². The second-order valence-electron chi connectivity index (χ2n) is 3.83. The monoisotopic (exact) mass is 298 g/mol. The predicted octanol–water partition coefficient (Wildman–Crippen LogP) is 3.90. The molecular weight excluding hydrogens is 290 g/mol. The summed E-state index contributed by atoms with van der Waals surface area (Å²) < 4.78 is 75.0. The molecule has 1 rings (SSSR count). The Morgan fingerprint density at radius 1 is 1.00 bits per heavy atom. The first-order valence-corrected chi connectivity index (χ1v) is 5.17. The van der Waals surface area contributed by atoms with Crippen LogP contribution in [0.4, 0.5) is 26.3 Å². The second kappa shape index (κ2) is 5.56. The highest BCUT2D eigenvalue weighted by Crippen LogP contribution is 2.44. The summed E-state index contributed by atoms with van der Waals surface area (Å²) in [6, 6.07) is 6.62. The Hall–Kier alpha value is -1.99. The first kappa shape index (κ1) is 16.1. The summed E-state index contributed by atoms with van der Waals surface area (Å²) in [4.78, 5) is 10.8. The molecule has 20 heavy (non-hydrogen) atoms. The summed E-state index contributed by atoms with van der Waals surface area (Å²) in [7, 11) is 0. The number of hydrogen-bond donors (Lipinski definition) is 1. The van der Waals surface area contributed by atoms with E-state index in [1.807, 2.05) is 0 Å². The van der Waals surface area contributed by atoms with Gasteiger partial charge in [-0.15, -0.1) is 0 Å². The van der Waals surface area contributed by atoms with E-state index in [1.165, 1.54) is 30.3 Å². The summed E-state index contributed by atoms with van der Waals surface area (Å²) >= 11 is 0. The number of hydrogen-bond acceptors (Lipinski definition) is 1. The van der Waals surface area contributed by atoms with E-state index in [0.717, 1.165) is 0 Å². The number of halogens is 6. The van der Waals surface area contributed by atoms with Gasteiger partial charge >= 0.3 is 18.3 Å². The van der Waals surface area contributed by atoms with Gasteiger partial charge in [-0.05, 0) is 11.6 Å². The van der Waals surface area contributed by atoms with Gasteiger partial charge in [0.25, 0.3) is 0 Å². The van der Waals surface area contributed by atoms with Crippen molar-refractivity contribution in [1.29, 1.82) is 0 Å². The molecule has 0 heterocycles. The molecule has 0 atom stereocenters. The summed E-state index contributed by atoms with van der Waals surface area (Å²) in [6.07, 6.45) is -11.1. The van der Waals surface area contributed by atoms with Gasteiger partial charge in [-0.3, -0.25) is 0 Å². The highest BCUT2D eigenvalue weighted by atomic mass is 19.4. The smallest absolute Gasteiger partial charge is 0.404 e. The van der Waals surface area contributed by atoms with Gasteiger partial charge < -0.3 is 5.11 Å². The van der Waals surface area contributed by atoms with Crippen LogP contribution in [-0.4, -0.2) is 23.4 Å². The van der Waals surface area contributed by atoms with Gasteiger partial charge in [-0.2, -0.15) is 26.3 Å². The van der Waals surface area contributed by atoms with Crippen LogP contribution in [0.15, 0.2) is 35.9 Å². The largest absolute Gasteiger partial charge is 0.478 e. The third-order valence-electron chi connectivity index (χ3n) is 2.33. The standard InChI is InChI=1S/C12H8F6O2/c13-11(14,15)9(12(16,17)18)8(10(19)20)6-7-4-2-1-3-5-7/h1-6,9H,(H,19,20). The molecule has 0 saturated heterocycles. The summed E-state index contributed by atoms with van der Waals surface area (Å²) in [5.74, 6) is -6.30. The van der Waals surface area contributed by atoms with Crippen molar-refractivity contribution in [2.24, 2.45) is 5.92 Å². The minimum absolute atomic E-state index is 0.0663. The highest BCUT2D eigenvalue weighted by molar-refractivity contribution is 5.93. The van der Waals surface area contributed by atoms with Crippen LogP contribution in [-0.2, 0) is 4.79 Å². The molecule has 0 saturated carbocycles. The van der Waals surface area contributed by atoms with Crippen molar-refractivity contribution in [1.82, 2.24) is 0 Å². The molecule has 2 nitrogen and oxygen atoms in total. The van der Waals surface area contributed by atoms with Crippen LogP contribution in [0, 0.1) is 5.92 Å². The lowest BCUT2D eigenvalue weighted by atomic mass is 9.95. The summed E-state index contributed by atoms with van der Waals surface area (Å²) in [6.45, 7) is 0. The van der Waals surface area contributed by atoms with E-state index in [4.69, 9.17) is 5.11 Å². The van der Waals surface area contributed by atoms with E-state index >= 15 is 0 Å². The Kier molecular flexibility index (Phi) is 4.46. The summed E-state index contributed by atoms with van der Waals surface area (Å²) in [5.41, 5.74) is -1.83. The lowest BCUT2D eigenvalue weighted by Gasteiger charge is -2.23. The molecule has 0 bridgehead atoms. The molecule has 0 unspecified atom stereocenters. The van der Waals surface area contributed by atoms with Gasteiger partial charge in [0.15, 0.2) is 5.92 Å². The molecule has 0 amide bonds. The fourth-order valence-electron chi connectivity index (χ4n) is 1.54. The zero-order valence-corrected chi connectivity index (χ0v) is 9.66. The third kappa shape index (κ3) is 4.01. The van der Waals surface area contributed by atoms with Crippen LogP contribution in [0.5, 0.6) is 0 Å². The quantitative estimate of drug-likeness (QED) is 0.679. The number of aliphatic carboxylic acids is 1. The van der Waals surface area contributed by atoms with Crippen molar-refractivity contribution >= 4 is 12.0 Å². The SMILES string of the molecule is O=C(O)C(=Cc1ccccc1)C(C(F)(F)F)C(F)(F)F. The van der Waals surface area contributed by atoms with Crippen LogP contribution in [0.25, 0.3) is 6.08 Å². The van der Waals surface area contributed by atoms with Crippen molar-refractivity contribution < 1.29 is 36.2 Å². The number of alkyl halides is 6. The van der Waals surface area contributed by atoms with E-state index in [2.05, 4.69) is 0 Å². The minimum atomic E-state index is -5.74. The van der Waals surface area contributed by atoms with Gasteiger partial charge in [-0.1, -0.05) is 30.3 Å². The van der Waals surface area contributed by atoms with Gasteiger partial charge in [0, 0.05) is 0 Å². The van der Waals surface area contributed by atoms with Crippen molar-refractivity contribution in [3.05, 3.63) is 41.5 Å². The van der Waals surface area contributed by atoms with Crippen LogP contribution in [0.1, 0.15) is 5.56 Å². The van der Waals surface area contributed by atoms with Crippen molar-refractivity contribution in [2.75, 3.05) is 0 Å². The first-order chi connectivity index (χ1) is 9.03. The van der Waals surface area contributed by atoms with Gasteiger partial charge in [0.1, 0.15) is 0 Å². The molecule has 0 fully saturated rings. The lowest BCUT2D eigenvalue weighted by Crippen LogP contribution is -2.39. The average molecular weight is 298 g/mol. The normalized spacial score (nSPS) is 13.7. The van der Waals surface area contributed by atoms with Gasteiger partial charge in [-0.25, -0.2) is 4.79 Å². The van der Waals surface area contributed by atoms with Crippen molar-refractivity contribution in [3.63, 3.8) is 0 Å². The molecule has 0 aliphatic heterocycles. The van der Waals surface area contributed by atoms with Crippen LogP contribution >= 0.6 is 0 Å². The van der Waals surface area contributed by atoms with Crippen LogP contribution in [0.3, 0.4) is 0 Å². The minimum Gasteiger partial charge on any atom is -0.478 e. The molecule has 0 spiro atoms. The molecule has 0 aliphatic rings. The van der Waals surface area contributed by atoms with Gasteiger partial charge in [0.2, 0.25) is 0 Å². The average Bonchev–Trinajstić information content (AvgIpc) is 2.25. The third-order valence-corrected chi connectivity index (χ3v) is 2.33. The first-order valence-electron chi connectivity index (χ1n) is 5.17. The molecule has 0 aromatic heterocycles. The maximum absolute atomic E-state index is 12.5.